The van der Waals surface area contributed by atoms with Gasteiger partial charge in [0.2, 0.25) is 0 Å². The molecule has 0 spiro atoms. The van der Waals surface area contributed by atoms with Crippen molar-refractivity contribution >= 4 is 11.4 Å². The first-order chi connectivity index (χ1) is 6.48. The number of hydrogen-bond donors (Lipinski definition) is 2. The van der Waals surface area contributed by atoms with Crippen molar-refractivity contribution in [3.05, 3.63) is 23.8 Å². The summed E-state index contributed by atoms with van der Waals surface area (Å²) in [6.45, 7) is 0. The molecular weight excluding hydrogens is 193 g/mol. The van der Waals surface area contributed by atoms with Crippen molar-refractivity contribution in [2.45, 2.75) is 18.6 Å². The number of alkyl halides is 3. The molecule has 76 valence electrons. The molecule has 14 heavy (non-hydrogen) atoms. The molecule has 2 nitrogen and oxygen atoms in total. The first kappa shape index (κ1) is 9.18. The fraction of sp³-hybridized carbons (Fsp3) is 0.333. The van der Waals surface area contributed by atoms with E-state index in [9.17, 15) is 13.2 Å². The Morgan fingerprint density at radius 3 is 2.64 bits per heavy atom. The molecule has 5 heteroatoms. The Labute approximate surface area is 78.9 Å². The van der Waals surface area contributed by atoms with Crippen LogP contribution < -0.4 is 11.1 Å². The maximum atomic E-state index is 12.4. The normalized spacial score (nSPS) is 20.4. The zero-order chi connectivity index (χ0) is 10.3. The van der Waals surface area contributed by atoms with Crippen LogP contribution in [0.3, 0.4) is 0 Å². The van der Waals surface area contributed by atoms with Gasteiger partial charge in [-0.2, -0.15) is 13.2 Å². The van der Waals surface area contributed by atoms with Gasteiger partial charge in [-0.1, -0.05) is 12.1 Å². The van der Waals surface area contributed by atoms with Crippen molar-refractivity contribution in [1.82, 2.24) is 0 Å². The van der Waals surface area contributed by atoms with Crippen LogP contribution in [-0.4, -0.2) is 12.2 Å². The second-order valence-electron chi connectivity index (χ2n) is 3.32. The van der Waals surface area contributed by atoms with E-state index in [0.717, 1.165) is 0 Å². The Hall–Kier alpha value is -1.39. The topological polar surface area (TPSA) is 38.0 Å². The molecule has 0 radical (unpaired) electrons. The molecule has 1 aliphatic rings. The van der Waals surface area contributed by atoms with Crippen LogP contribution in [0.25, 0.3) is 0 Å². The predicted octanol–water partition coefficient (Wildman–Crippen LogP) is 2.17. The van der Waals surface area contributed by atoms with Crippen molar-refractivity contribution in [2.75, 3.05) is 11.1 Å². The maximum absolute atomic E-state index is 12.4. The smallest absolute Gasteiger partial charge is 0.397 e. The molecule has 0 saturated heterocycles. The minimum atomic E-state index is -4.22. The van der Waals surface area contributed by atoms with Gasteiger partial charge in [0, 0.05) is 6.42 Å². The Bertz CT molecular complexity index is 360. The Balaban J connectivity index is 2.31. The molecule has 1 heterocycles. The molecule has 0 aliphatic carbocycles. The third-order valence-electron chi connectivity index (χ3n) is 2.32. The number of benzene rings is 1. The van der Waals surface area contributed by atoms with E-state index >= 15 is 0 Å². The summed E-state index contributed by atoms with van der Waals surface area (Å²) in [4.78, 5) is 0. The fourth-order valence-electron chi connectivity index (χ4n) is 1.61. The summed E-state index contributed by atoms with van der Waals surface area (Å²) in [5.41, 5.74) is 6.97. The van der Waals surface area contributed by atoms with Crippen LogP contribution >= 0.6 is 0 Å². The molecule has 0 aromatic heterocycles. The van der Waals surface area contributed by atoms with Gasteiger partial charge in [-0.3, -0.25) is 0 Å². The molecule has 0 fully saturated rings. The number of nitrogens with one attached hydrogen (secondary N) is 1. The number of fused-ring (bicyclic) bond motifs is 1. The van der Waals surface area contributed by atoms with E-state index in [-0.39, 0.29) is 6.42 Å². The molecule has 0 amide bonds. The summed E-state index contributed by atoms with van der Waals surface area (Å²) >= 11 is 0. The molecule has 0 unspecified atom stereocenters. The van der Waals surface area contributed by atoms with Gasteiger partial charge in [0.25, 0.3) is 0 Å². The highest BCUT2D eigenvalue weighted by Gasteiger charge is 2.43. The lowest BCUT2D eigenvalue weighted by molar-refractivity contribution is -0.140. The number of para-hydroxylation sites is 1. The van der Waals surface area contributed by atoms with Crippen LogP contribution in [0.2, 0.25) is 0 Å². The number of nitrogens with two attached hydrogens (primary N) is 1. The highest BCUT2D eigenvalue weighted by Crippen LogP contribution is 2.37. The monoisotopic (exact) mass is 202 g/mol. The van der Waals surface area contributed by atoms with Crippen LogP contribution in [0.4, 0.5) is 24.5 Å². The lowest BCUT2D eigenvalue weighted by atomic mass is 10.1. The minimum Gasteiger partial charge on any atom is -0.397 e. The number of nitrogen functional groups attached to an aromatic ring is 1. The van der Waals surface area contributed by atoms with E-state index in [1.54, 1.807) is 18.2 Å². The second-order valence-corrected chi connectivity index (χ2v) is 3.32. The standard InChI is InChI=1S/C9H9F3N2/c10-9(11,12)7-4-5-2-1-3-6(13)8(5)14-7/h1-3,7,14H,4,13H2/t7-/m1/s1. The quantitative estimate of drug-likeness (QED) is 0.633. The zero-order valence-electron chi connectivity index (χ0n) is 7.23. The largest absolute Gasteiger partial charge is 0.408 e. The highest BCUT2D eigenvalue weighted by atomic mass is 19.4. The van der Waals surface area contributed by atoms with Crippen LogP contribution in [0.15, 0.2) is 18.2 Å². The van der Waals surface area contributed by atoms with E-state index < -0.39 is 12.2 Å². The Morgan fingerprint density at radius 2 is 2.07 bits per heavy atom. The summed E-state index contributed by atoms with van der Waals surface area (Å²) in [5, 5.41) is 2.39. The molecule has 1 aliphatic heterocycles. The maximum Gasteiger partial charge on any atom is 0.408 e. The second kappa shape index (κ2) is 2.80. The molecule has 2 rings (SSSR count). The predicted molar refractivity (Wildman–Crippen MR) is 48.0 cm³/mol. The van der Waals surface area contributed by atoms with Gasteiger partial charge >= 0.3 is 6.18 Å². The first-order valence-electron chi connectivity index (χ1n) is 4.19. The SMILES string of the molecule is Nc1cccc2c1N[C@@H](C(F)(F)F)C2. The van der Waals surface area contributed by atoms with Gasteiger partial charge in [-0.15, -0.1) is 0 Å². The molecule has 1 aromatic rings. The fourth-order valence-corrected chi connectivity index (χ4v) is 1.61. The lowest BCUT2D eigenvalue weighted by Crippen LogP contribution is -2.34. The summed E-state index contributed by atoms with van der Waals surface area (Å²) in [6, 6.07) is 3.41. The molecule has 0 saturated carbocycles. The van der Waals surface area contributed by atoms with Gasteiger partial charge in [0.05, 0.1) is 11.4 Å². The van der Waals surface area contributed by atoms with Crippen LogP contribution in [0.1, 0.15) is 5.56 Å². The highest BCUT2D eigenvalue weighted by molar-refractivity contribution is 5.73. The molecular formula is C9H9F3N2. The van der Waals surface area contributed by atoms with E-state index in [1.807, 2.05) is 0 Å². The lowest BCUT2D eigenvalue weighted by Gasteiger charge is -2.15. The van der Waals surface area contributed by atoms with Crippen molar-refractivity contribution < 1.29 is 13.2 Å². The van der Waals surface area contributed by atoms with Gasteiger partial charge in [0.1, 0.15) is 6.04 Å². The summed E-state index contributed by atoms with van der Waals surface area (Å²) in [5.74, 6) is 0. The number of rotatable bonds is 0. The molecule has 0 bridgehead atoms. The average molecular weight is 202 g/mol. The number of hydrogen-bond acceptors (Lipinski definition) is 2. The summed E-state index contributed by atoms with van der Waals surface area (Å²) in [6.07, 6.45) is -4.25. The van der Waals surface area contributed by atoms with E-state index in [0.29, 0.717) is 16.9 Å². The van der Waals surface area contributed by atoms with Crippen LogP contribution in [0.5, 0.6) is 0 Å². The molecule has 3 N–H and O–H groups in total. The third-order valence-corrected chi connectivity index (χ3v) is 2.32. The van der Waals surface area contributed by atoms with Gasteiger partial charge in [0.15, 0.2) is 0 Å². The zero-order valence-corrected chi connectivity index (χ0v) is 7.23. The number of anilines is 2. The van der Waals surface area contributed by atoms with E-state index in [4.69, 9.17) is 5.73 Å². The van der Waals surface area contributed by atoms with Crippen molar-refractivity contribution in [1.29, 1.82) is 0 Å². The summed E-state index contributed by atoms with van der Waals surface area (Å²) < 4.78 is 37.1. The third kappa shape index (κ3) is 1.38. The van der Waals surface area contributed by atoms with Crippen LogP contribution in [-0.2, 0) is 6.42 Å². The van der Waals surface area contributed by atoms with Crippen LogP contribution in [0, 0.1) is 0 Å². The molecule has 1 atom stereocenters. The van der Waals surface area contributed by atoms with Gasteiger partial charge in [-0.05, 0) is 11.6 Å². The Morgan fingerprint density at radius 1 is 1.36 bits per heavy atom. The summed E-state index contributed by atoms with van der Waals surface area (Å²) in [7, 11) is 0. The van der Waals surface area contributed by atoms with Crippen molar-refractivity contribution in [3.8, 4) is 0 Å². The van der Waals surface area contributed by atoms with E-state index in [2.05, 4.69) is 5.32 Å². The Kier molecular flexibility index (Phi) is 1.83. The van der Waals surface area contributed by atoms with Gasteiger partial charge in [-0.25, -0.2) is 0 Å². The van der Waals surface area contributed by atoms with Gasteiger partial charge < -0.3 is 11.1 Å². The average Bonchev–Trinajstić information content (AvgIpc) is 2.48. The number of halogens is 3. The van der Waals surface area contributed by atoms with E-state index in [1.165, 1.54) is 0 Å². The van der Waals surface area contributed by atoms with Crippen molar-refractivity contribution in [2.24, 2.45) is 0 Å². The first-order valence-corrected chi connectivity index (χ1v) is 4.19. The molecule has 1 aromatic carbocycles. The van der Waals surface area contributed by atoms with Crippen molar-refractivity contribution in [3.63, 3.8) is 0 Å². The minimum absolute atomic E-state index is 0.0378.